The van der Waals surface area contributed by atoms with Crippen LogP contribution in [0.25, 0.3) is 0 Å². The Balaban J connectivity index is 1.84. The molecule has 0 unspecified atom stereocenters. The molecular weight excluding hydrogens is 340 g/mol. The minimum absolute atomic E-state index is 0.0934. The van der Waals surface area contributed by atoms with Crippen LogP contribution in [0.2, 0.25) is 0 Å². The number of ether oxygens (including phenoxy) is 1. The summed E-state index contributed by atoms with van der Waals surface area (Å²) >= 11 is 0. The second-order valence-corrected chi connectivity index (χ2v) is 6.22. The summed E-state index contributed by atoms with van der Waals surface area (Å²) in [6.07, 6.45) is 1.69. The molecule has 3 rings (SSSR count). The Hall–Kier alpha value is -3.34. The molecule has 138 valence electrons. The van der Waals surface area contributed by atoms with Crippen molar-refractivity contribution in [1.82, 2.24) is 4.57 Å². The number of carbonyl (C=O) groups is 1. The van der Waals surface area contributed by atoms with Crippen molar-refractivity contribution in [2.45, 2.75) is 20.4 Å². The van der Waals surface area contributed by atoms with E-state index in [1.807, 2.05) is 44.2 Å². The van der Waals surface area contributed by atoms with Gasteiger partial charge in [-0.3, -0.25) is 9.59 Å². The zero-order chi connectivity index (χ0) is 19.2. The standard InChI is InChI=1S/C22H22N2O3/c1-3-27-20-9-5-4-8-19(20)23-21(25)18-7-6-14-24(22(18)26)15-17-12-10-16(2)11-13-17/h4-14H,3,15H2,1-2H3,(H,23,25). The SMILES string of the molecule is CCOc1ccccc1NC(=O)c1cccn(Cc2ccc(C)cc2)c1=O. The number of hydrogen-bond donors (Lipinski definition) is 1. The summed E-state index contributed by atoms with van der Waals surface area (Å²) in [5.74, 6) is 0.120. The van der Waals surface area contributed by atoms with Crippen LogP contribution in [0, 0.1) is 6.92 Å². The smallest absolute Gasteiger partial charge is 0.263 e. The number of pyridine rings is 1. The summed E-state index contributed by atoms with van der Waals surface area (Å²) in [5.41, 5.74) is 2.47. The second kappa shape index (κ2) is 8.36. The first-order valence-electron chi connectivity index (χ1n) is 8.86. The van der Waals surface area contributed by atoms with E-state index in [9.17, 15) is 9.59 Å². The second-order valence-electron chi connectivity index (χ2n) is 6.22. The first kappa shape index (κ1) is 18.5. The monoisotopic (exact) mass is 362 g/mol. The van der Waals surface area contributed by atoms with Crippen molar-refractivity contribution in [1.29, 1.82) is 0 Å². The van der Waals surface area contributed by atoms with Gasteiger partial charge in [0.2, 0.25) is 0 Å². The van der Waals surface area contributed by atoms with Gasteiger partial charge in [-0.2, -0.15) is 0 Å². The number of rotatable bonds is 6. The minimum atomic E-state index is -0.453. The molecule has 0 fully saturated rings. The summed E-state index contributed by atoms with van der Waals surface area (Å²) in [4.78, 5) is 25.4. The molecule has 0 atom stereocenters. The van der Waals surface area contributed by atoms with Crippen molar-refractivity contribution in [3.63, 3.8) is 0 Å². The highest BCUT2D eigenvalue weighted by Gasteiger charge is 2.14. The summed E-state index contributed by atoms with van der Waals surface area (Å²) < 4.78 is 7.05. The normalized spacial score (nSPS) is 10.4. The first-order chi connectivity index (χ1) is 13.1. The van der Waals surface area contributed by atoms with Gasteiger partial charge in [0.15, 0.2) is 0 Å². The van der Waals surface area contributed by atoms with Crippen LogP contribution in [0.5, 0.6) is 5.75 Å². The largest absolute Gasteiger partial charge is 0.492 e. The average molecular weight is 362 g/mol. The van der Waals surface area contributed by atoms with Crippen LogP contribution in [-0.2, 0) is 6.54 Å². The number of nitrogens with one attached hydrogen (secondary N) is 1. The third kappa shape index (κ3) is 4.44. The lowest BCUT2D eigenvalue weighted by atomic mass is 10.1. The minimum Gasteiger partial charge on any atom is -0.492 e. The van der Waals surface area contributed by atoms with Gasteiger partial charge in [-0.05, 0) is 43.7 Å². The van der Waals surface area contributed by atoms with E-state index in [1.165, 1.54) is 10.6 Å². The fourth-order valence-electron chi connectivity index (χ4n) is 2.77. The Bertz CT molecular complexity index is 991. The summed E-state index contributed by atoms with van der Waals surface area (Å²) in [6, 6.07) is 18.4. The van der Waals surface area contributed by atoms with Gasteiger partial charge in [-0.15, -0.1) is 0 Å². The number of benzene rings is 2. The Morgan fingerprint density at radius 2 is 1.78 bits per heavy atom. The van der Waals surface area contributed by atoms with Gasteiger partial charge < -0.3 is 14.6 Å². The number of aryl methyl sites for hydroxylation is 1. The number of amides is 1. The summed E-state index contributed by atoms with van der Waals surface area (Å²) in [7, 11) is 0. The molecule has 0 saturated carbocycles. The molecule has 0 saturated heterocycles. The predicted molar refractivity (Wildman–Crippen MR) is 107 cm³/mol. The van der Waals surface area contributed by atoms with Gasteiger partial charge >= 0.3 is 0 Å². The van der Waals surface area contributed by atoms with Crippen molar-refractivity contribution in [2.75, 3.05) is 11.9 Å². The zero-order valence-corrected chi connectivity index (χ0v) is 15.4. The molecule has 1 aromatic heterocycles. The molecule has 5 nitrogen and oxygen atoms in total. The third-order valence-electron chi connectivity index (χ3n) is 4.17. The fourth-order valence-corrected chi connectivity index (χ4v) is 2.77. The van der Waals surface area contributed by atoms with Crippen molar-refractivity contribution in [2.24, 2.45) is 0 Å². The van der Waals surface area contributed by atoms with Crippen LogP contribution in [0.3, 0.4) is 0 Å². The molecule has 5 heteroatoms. The fraction of sp³-hybridized carbons (Fsp3) is 0.182. The number of nitrogens with zero attached hydrogens (tertiary/aromatic N) is 1. The number of aromatic nitrogens is 1. The molecule has 0 aliphatic rings. The van der Waals surface area contributed by atoms with Gasteiger partial charge in [-0.25, -0.2) is 0 Å². The predicted octanol–water partition coefficient (Wildman–Crippen LogP) is 3.86. The maximum absolute atomic E-state index is 12.8. The lowest BCUT2D eigenvalue weighted by Gasteiger charge is -2.12. The van der Waals surface area contributed by atoms with E-state index in [0.29, 0.717) is 24.6 Å². The molecule has 0 radical (unpaired) electrons. The molecule has 2 aromatic carbocycles. The van der Waals surface area contributed by atoms with Gasteiger partial charge in [0.05, 0.1) is 18.8 Å². The van der Waals surface area contributed by atoms with E-state index in [1.54, 1.807) is 30.5 Å². The Labute approximate surface area is 158 Å². The van der Waals surface area contributed by atoms with Crippen LogP contribution in [0.15, 0.2) is 71.7 Å². The Kier molecular flexibility index (Phi) is 5.71. The number of carbonyl (C=O) groups excluding carboxylic acids is 1. The van der Waals surface area contributed by atoms with Crippen LogP contribution in [0.1, 0.15) is 28.4 Å². The van der Waals surface area contributed by atoms with Crippen molar-refractivity contribution in [3.05, 3.63) is 93.9 Å². The molecule has 3 aromatic rings. The van der Waals surface area contributed by atoms with Crippen molar-refractivity contribution in [3.8, 4) is 5.75 Å². The molecule has 0 spiro atoms. The summed E-state index contributed by atoms with van der Waals surface area (Å²) in [6.45, 7) is 4.79. The van der Waals surface area contributed by atoms with E-state index in [0.717, 1.165) is 11.1 Å². The van der Waals surface area contributed by atoms with Crippen molar-refractivity contribution < 1.29 is 9.53 Å². The van der Waals surface area contributed by atoms with E-state index in [2.05, 4.69) is 5.32 Å². The molecular formula is C22H22N2O3. The van der Waals surface area contributed by atoms with E-state index < -0.39 is 5.91 Å². The molecule has 27 heavy (non-hydrogen) atoms. The quantitative estimate of drug-likeness (QED) is 0.724. The lowest BCUT2D eigenvalue weighted by molar-refractivity contribution is 0.102. The highest BCUT2D eigenvalue weighted by atomic mass is 16.5. The molecule has 1 N–H and O–H groups in total. The lowest BCUT2D eigenvalue weighted by Crippen LogP contribution is -2.29. The highest BCUT2D eigenvalue weighted by molar-refractivity contribution is 6.04. The Morgan fingerprint density at radius 3 is 2.52 bits per heavy atom. The first-order valence-corrected chi connectivity index (χ1v) is 8.86. The van der Waals surface area contributed by atoms with Gasteiger partial charge in [0.1, 0.15) is 11.3 Å². The zero-order valence-electron chi connectivity index (χ0n) is 15.4. The number of anilines is 1. The topological polar surface area (TPSA) is 60.3 Å². The van der Waals surface area contributed by atoms with E-state index >= 15 is 0 Å². The Morgan fingerprint density at radius 1 is 1.04 bits per heavy atom. The van der Waals surface area contributed by atoms with Crippen LogP contribution in [-0.4, -0.2) is 17.1 Å². The molecule has 1 amide bonds. The molecule has 0 aliphatic carbocycles. The maximum Gasteiger partial charge on any atom is 0.263 e. The summed E-state index contributed by atoms with van der Waals surface area (Å²) in [5, 5.41) is 2.77. The van der Waals surface area contributed by atoms with Crippen LogP contribution >= 0.6 is 0 Å². The van der Waals surface area contributed by atoms with Gasteiger partial charge in [0, 0.05) is 6.20 Å². The number of hydrogen-bond acceptors (Lipinski definition) is 3. The van der Waals surface area contributed by atoms with Crippen LogP contribution in [0.4, 0.5) is 5.69 Å². The van der Waals surface area contributed by atoms with Gasteiger partial charge in [0.25, 0.3) is 11.5 Å². The van der Waals surface area contributed by atoms with Gasteiger partial charge in [-0.1, -0.05) is 42.0 Å². The van der Waals surface area contributed by atoms with Crippen molar-refractivity contribution >= 4 is 11.6 Å². The molecule has 0 aliphatic heterocycles. The molecule has 0 bridgehead atoms. The third-order valence-corrected chi connectivity index (χ3v) is 4.17. The van der Waals surface area contributed by atoms with E-state index in [-0.39, 0.29) is 11.1 Å². The molecule has 1 heterocycles. The highest BCUT2D eigenvalue weighted by Crippen LogP contribution is 2.24. The average Bonchev–Trinajstić information content (AvgIpc) is 2.67. The maximum atomic E-state index is 12.8. The number of para-hydroxylation sites is 2. The van der Waals surface area contributed by atoms with Crippen LogP contribution < -0.4 is 15.6 Å². The van der Waals surface area contributed by atoms with E-state index in [4.69, 9.17) is 4.74 Å².